The van der Waals surface area contributed by atoms with Crippen molar-refractivity contribution in [3.8, 4) is 0 Å². The molecule has 0 rings (SSSR count). The van der Waals surface area contributed by atoms with Crippen LogP contribution in [-0.2, 0) is 19.1 Å². The van der Waals surface area contributed by atoms with Gasteiger partial charge in [0, 0.05) is 25.9 Å². The maximum Gasteiger partial charge on any atom is 0.305 e. The quantitative estimate of drug-likeness (QED) is 0.0451. The fraction of sp³-hybridized carbons (Fsp3) is 0.967. The second-order valence-corrected chi connectivity index (χ2v) is 28.9. The predicted molar refractivity (Wildman–Crippen MR) is 294 cm³/mol. The van der Waals surface area contributed by atoms with E-state index in [2.05, 4.69) is 162 Å². The Morgan fingerprint density at radius 1 is 0.418 bits per heavy atom. The molecule has 0 saturated heterocycles. The first-order valence-corrected chi connectivity index (χ1v) is 28.2. The van der Waals surface area contributed by atoms with Crippen LogP contribution >= 0.6 is 0 Å². The predicted octanol–water partition coefficient (Wildman–Crippen LogP) is 17.4. The minimum absolute atomic E-state index is 0.0232. The largest absolute Gasteiger partial charge is 0.466 e. The average Bonchev–Trinajstić information content (AvgIpc) is 3.13. The van der Waals surface area contributed by atoms with E-state index in [4.69, 9.17) is 9.47 Å². The zero-order valence-corrected chi connectivity index (χ0v) is 49.7. The molecule has 0 aromatic rings. The van der Waals surface area contributed by atoms with Gasteiger partial charge in [-0.25, -0.2) is 0 Å². The first-order valence-electron chi connectivity index (χ1n) is 28.2. The van der Waals surface area contributed by atoms with Crippen molar-refractivity contribution in [3.05, 3.63) is 0 Å². The number of carbonyl (C=O) groups excluding carboxylic acids is 2. The van der Waals surface area contributed by atoms with Gasteiger partial charge in [-0.1, -0.05) is 164 Å². The summed E-state index contributed by atoms with van der Waals surface area (Å²) in [6.45, 7) is 53.1. The molecular formula is C61H122N2O4. The van der Waals surface area contributed by atoms with E-state index in [0.29, 0.717) is 49.7 Å². The normalized spacial score (nSPS) is 14.6. The molecule has 0 heterocycles. The van der Waals surface area contributed by atoms with E-state index in [-0.39, 0.29) is 44.4 Å². The Bertz CT molecular complexity index is 1230. The molecule has 0 saturated carbocycles. The molecule has 0 N–H and O–H groups in total. The SMILES string of the molecule is CC(C)CCC(CCOC(=O)CCC(C)(C)CC(C)(C)CCCCN(CCCCC(C)(C)CC(C)(C)CCC(=O)OCCC(CCC(C)C)C(C)C)CC(C)(C)CC(C)(C)CN(C)C)C(C)C. The first-order chi connectivity index (χ1) is 30.6. The number of nitrogens with zero attached hydrogens (tertiary/aromatic N) is 2. The van der Waals surface area contributed by atoms with Crippen LogP contribution in [0.5, 0.6) is 0 Å². The highest BCUT2D eigenvalue weighted by molar-refractivity contribution is 5.69. The van der Waals surface area contributed by atoms with Crippen LogP contribution in [0.1, 0.15) is 260 Å². The van der Waals surface area contributed by atoms with Gasteiger partial charge in [-0.3, -0.25) is 9.59 Å². The first kappa shape index (κ1) is 65.9. The number of hydrogen-bond acceptors (Lipinski definition) is 6. The minimum atomic E-state index is -0.0232. The number of rotatable bonds is 40. The van der Waals surface area contributed by atoms with Gasteiger partial charge in [-0.15, -0.1) is 0 Å². The molecule has 67 heavy (non-hydrogen) atoms. The monoisotopic (exact) mass is 947 g/mol. The van der Waals surface area contributed by atoms with Crippen molar-refractivity contribution >= 4 is 11.9 Å². The van der Waals surface area contributed by atoms with E-state index < -0.39 is 0 Å². The third kappa shape index (κ3) is 35.6. The highest BCUT2D eigenvalue weighted by atomic mass is 16.5. The molecule has 0 aliphatic heterocycles. The standard InChI is InChI=1S/C61H122N2O4/c1-48(2)27-29-52(50(5)6)33-41-66-54(64)31-37-58(13,14)43-56(9,10)35-23-25-39-63(47-61(19,20)45-60(17,18)46-62(21)22)40-26-24-36-57(11,12)44-59(15,16)38-32-55(65)67-42-34-53(51(7)8)30-28-49(3)4/h48-53H,23-47H2,1-22H3. The maximum absolute atomic E-state index is 12.9. The summed E-state index contributed by atoms with van der Waals surface area (Å²) in [5.74, 6) is 3.89. The van der Waals surface area contributed by atoms with Crippen LogP contribution in [0.3, 0.4) is 0 Å². The van der Waals surface area contributed by atoms with Crippen LogP contribution in [-0.4, -0.2) is 75.2 Å². The molecule has 0 aliphatic carbocycles. The summed E-state index contributed by atoms with van der Waals surface area (Å²) in [5, 5.41) is 0. The van der Waals surface area contributed by atoms with Gasteiger partial charge in [0.2, 0.25) is 0 Å². The van der Waals surface area contributed by atoms with Gasteiger partial charge in [0.1, 0.15) is 0 Å². The number of ether oxygens (including phenoxy) is 2. The van der Waals surface area contributed by atoms with Crippen molar-refractivity contribution < 1.29 is 19.1 Å². The summed E-state index contributed by atoms with van der Waals surface area (Å²) in [6, 6.07) is 0. The van der Waals surface area contributed by atoms with Crippen LogP contribution < -0.4 is 0 Å². The van der Waals surface area contributed by atoms with Gasteiger partial charge in [-0.05, 0) is 179 Å². The number of carbonyl (C=O) groups is 2. The molecule has 6 nitrogen and oxygen atoms in total. The molecule has 6 heteroatoms. The summed E-state index contributed by atoms with van der Waals surface area (Å²) < 4.78 is 11.6. The summed E-state index contributed by atoms with van der Waals surface area (Å²) >= 11 is 0. The molecule has 400 valence electrons. The Labute approximate surface area is 421 Å². The Kier molecular flexibility index (Phi) is 30.8. The zero-order chi connectivity index (χ0) is 51.9. The van der Waals surface area contributed by atoms with Gasteiger partial charge >= 0.3 is 11.9 Å². The third-order valence-corrected chi connectivity index (χ3v) is 15.1. The fourth-order valence-electron chi connectivity index (χ4n) is 12.4. The molecule has 0 amide bonds. The smallest absolute Gasteiger partial charge is 0.305 e. The molecule has 2 atom stereocenters. The van der Waals surface area contributed by atoms with Gasteiger partial charge in [0.15, 0.2) is 0 Å². The second kappa shape index (κ2) is 31.3. The van der Waals surface area contributed by atoms with Crippen molar-refractivity contribution in [2.75, 3.05) is 53.5 Å². The number of unbranched alkanes of at least 4 members (excludes halogenated alkanes) is 2. The lowest BCUT2D eigenvalue weighted by molar-refractivity contribution is -0.145. The molecule has 0 aromatic carbocycles. The van der Waals surface area contributed by atoms with E-state index >= 15 is 0 Å². The highest BCUT2D eigenvalue weighted by Crippen LogP contribution is 2.42. The van der Waals surface area contributed by atoms with Crippen LogP contribution in [0.2, 0.25) is 0 Å². The molecule has 0 spiro atoms. The van der Waals surface area contributed by atoms with Crippen LogP contribution in [0.15, 0.2) is 0 Å². The lowest BCUT2D eigenvalue weighted by atomic mass is 9.71. The second-order valence-electron chi connectivity index (χ2n) is 28.9. The van der Waals surface area contributed by atoms with Crippen molar-refractivity contribution in [1.29, 1.82) is 0 Å². The van der Waals surface area contributed by atoms with Gasteiger partial charge in [0.25, 0.3) is 0 Å². The number of esters is 2. The van der Waals surface area contributed by atoms with E-state index in [9.17, 15) is 9.59 Å². The summed E-state index contributed by atoms with van der Waals surface area (Å²) in [5.41, 5.74) is 1.11. The Hall–Kier alpha value is -1.14. The highest BCUT2D eigenvalue weighted by Gasteiger charge is 2.33. The van der Waals surface area contributed by atoms with Crippen LogP contribution in [0.25, 0.3) is 0 Å². The Morgan fingerprint density at radius 3 is 1.07 bits per heavy atom. The van der Waals surface area contributed by atoms with Crippen molar-refractivity contribution in [2.24, 2.45) is 68.0 Å². The molecule has 0 bridgehead atoms. The van der Waals surface area contributed by atoms with E-state index in [1.807, 2.05) is 0 Å². The van der Waals surface area contributed by atoms with Crippen molar-refractivity contribution in [2.45, 2.75) is 260 Å². The number of hydrogen-bond donors (Lipinski definition) is 0. The molecule has 0 aliphatic rings. The molecule has 0 aromatic heterocycles. The Balaban J connectivity index is 5.28. The Morgan fingerprint density at radius 2 is 0.746 bits per heavy atom. The minimum Gasteiger partial charge on any atom is -0.466 e. The maximum atomic E-state index is 12.9. The summed E-state index contributed by atoms with van der Waals surface area (Å²) in [4.78, 5) is 30.8. The van der Waals surface area contributed by atoms with Gasteiger partial charge in [0.05, 0.1) is 13.2 Å². The van der Waals surface area contributed by atoms with Crippen LogP contribution in [0, 0.1) is 68.0 Å². The van der Waals surface area contributed by atoms with Gasteiger partial charge < -0.3 is 19.3 Å². The fourth-order valence-corrected chi connectivity index (χ4v) is 12.4. The third-order valence-electron chi connectivity index (χ3n) is 15.1. The lowest BCUT2D eigenvalue weighted by Crippen LogP contribution is -2.40. The van der Waals surface area contributed by atoms with Crippen LogP contribution in [0.4, 0.5) is 0 Å². The molecule has 0 radical (unpaired) electrons. The molecular weight excluding hydrogens is 825 g/mol. The topological polar surface area (TPSA) is 59.1 Å². The molecule has 2 unspecified atom stereocenters. The lowest BCUT2D eigenvalue weighted by Gasteiger charge is -2.40. The summed E-state index contributed by atoms with van der Waals surface area (Å²) in [7, 11) is 4.40. The van der Waals surface area contributed by atoms with Crippen molar-refractivity contribution in [3.63, 3.8) is 0 Å². The molecule has 0 fully saturated rings. The average molecular weight is 948 g/mol. The van der Waals surface area contributed by atoms with Gasteiger partial charge in [-0.2, -0.15) is 0 Å². The van der Waals surface area contributed by atoms with Crippen molar-refractivity contribution in [1.82, 2.24) is 9.80 Å². The summed E-state index contributed by atoms with van der Waals surface area (Å²) in [6.07, 6.45) is 20.4. The van der Waals surface area contributed by atoms with E-state index in [1.165, 1.54) is 70.6 Å². The zero-order valence-electron chi connectivity index (χ0n) is 49.7. The van der Waals surface area contributed by atoms with E-state index in [0.717, 1.165) is 76.5 Å². The van der Waals surface area contributed by atoms with E-state index in [1.54, 1.807) is 0 Å².